The van der Waals surface area contributed by atoms with Gasteiger partial charge in [0.2, 0.25) is 0 Å². The third kappa shape index (κ3) is 2.90. The molecule has 0 saturated heterocycles. The maximum Gasteiger partial charge on any atom is 0.131 e. The molecule has 4 heteroatoms. The molecule has 1 heterocycles. The summed E-state index contributed by atoms with van der Waals surface area (Å²) in [6, 6.07) is 5.47. The average molecular weight is 275 g/mol. The molecule has 0 radical (unpaired) electrons. The first-order valence-corrected chi connectivity index (χ1v) is 7.08. The quantitative estimate of drug-likeness (QED) is 0.902. The largest absolute Gasteiger partial charge is 0.313 e. The van der Waals surface area contributed by atoms with E-state index < -0.39 is 0 Å². The molecule has 3 nitrogen and oxygen atoms in total. The molecule has 1 aromatic heterocycles. The predicted octanol–water partition coefficient (Wildman–Crippen LogP) is 3.69. The van der Waals surface area contributed by atoms with Gasteiger partial charge < -0.3 is 5.32 Å². The Kier molecular flexibility index (Phi) is 4.55. The van der Waals surface area contributed by atoms with E-state index in [1.807, 2.05) is 37.0 Å². The lowest BCUT2D eigenvalue weighted by molar-refractivity contribution is 0.598. The first-order chi connectivity index (χ1) is 9.56. The minimum Gasteiger partial charge on any atom is -0.313 e. The van der Waals surface area contributed by atoms with Crippen molar-refractivity contribution in [3.8, 4) is 11.1 Å². The van der Waals surface area contributed by atoms with Crippen LogP contribution in [0.25, 0.3) is 11.1 Å². The fourth-order valence-corrected chi connectivity index (χ4v) is 2.31. The van der Waals surface area contributed by atoms with Gasteiger partial charge in [-0.25, -0.2) is 4.39 Å². The standard InChI is InChI=1S/C16H22FN3/c1-5-8-20-10-15(12(3)19-20)14-9-13(11(2)18-4)6-7-16(14)17/h6-7,9-11,18H,5,8H2,1-4H3. The van der Waals surface area contributed by atoms with Gasteiger partial charge in [-0.05, 0) is 45.0 Å². The van der Waals surface area contributed by atoms with E-state index in [1.165, 1.54) is 6.07 Å². The van der Waals surface area contributed by atoms with Crippen molar-refractivity contribution in [2.24, 2.45) is 0 Å². The number of aromatic nitrogens is 2. The Morgan fingerprint density at radius 3 is 2.75 bits per heavy atom. The minimum atomic E-state index is -0.198. The van der Waals surface area contributed by atoms with Crippen LogP contribution >= 0.6 is 0 Å². The third-order valence-corrected chi connectivity index (χ3v) is 3.61. The third-order valence-electron chi connectivity index (χ3n) is 3.61. The van der Waals surface area contributed by atoms with Crippen LogP contribution in [0.2, 0.25) is 0 Å². The van der Waals surface area contributed by atoms with Crippen molar-refractivity contribution in [3.63, 3.8) is 0 Å². The number of halogens is 1. The molecule has 1 atom stereocenters. The Morgan fingerprint density at radius 2 is 2.10 bits per heavy atom. The van der Waals surface area contributed by atoms with Crippen LogP contribution in [0.5, 0.6) is 0 Å². The van der Waals surface area contributed by atoms with Gasteiger partial charge in [0.1, 0.15) is 5.82 Å². The highest BCUT2D eigenvalue weighted by molar-refractivity contribution is 5.66. The van der Waals surface area contributed by atoms with E-state index >= 15 is 0 Å². The Balaban J connectivity index is 2.45. The summed E-state index contributed by atoms with van der Waals surface area (Å²) in [5.74, 6) is -0.198. The highest BCUT2D eigenvalue weighted by Gasteiger charge is 2.14. The molecule has 20 heavy (non-hydrogen) atoms. The van der Waals surface area contributed by atoms with Gasteiger partial charge in [0.25, 0.3) is 0 Å². The predicted molar refractivity (Wildman–Crippen MR) is 80.1 cm³/mol. The van der Waals surface area contributed by atoms with Gasteiger partial charge in [-0.1, -0.05) is 13.0 Å². The van der Waals surface area contributed by atoms with Gasteiger partial charge in [0, 0.05) is 29.9 Å². The number of hydrogen-bond donors (Lipinski definition) is 1. The van der Waals surface area contributed by atoms with Crippen molar-refractivity contribution in [1.82, 2.24) is 15.1 Å². The average Bonchev–Trinajstić information content (AvgIpc) is 2.79. The Bertz CT molecular complexity index is 589. The minimum absolute atomic E-state index is 0.195. The number of rotatable bonds is 5. The molecule has 0 aliphatic rings. The molecule has 1 unspecified atom stereocenters. The number of benzene rings is 1. The van der Waals surface area contributed by atoms with E-state index in [2.05, 4.69) is 24.3 Å². The Morgan fingerprint density at radius 1 is 1.35 bits per heavy atom. The van der Waals surface area contributed by atoms with Gasteiger partial charge in [-0.3, -0.25) is 4.68 Å². The van der Waals surface area contributed by atoms with E-state index in [0.717, 1.165) is 29.8 Å². The summed E-state index contributed by atoms with van der Waals surface area (Å²) >= 11 is 0. The maximum absolute atomic E-state index is 14.1. The molecule has 2 rings (SSSR count). The first-order valence-electron chi connectivity index (χ1n) is 7.08. The molecule has 1 N–H and O–H groups in total. The normalized spacial score (nSPS) is 12.7. The van der Waals surface area contributed by atoms with E-state index in [1.54, 1.807) is 0 Å². The van der Waals surface area contributed by atoms with Crippen molar-refractivity contribution in [2.45, 2.75) is 39.8 Å². The summed E-state index contributed by atoms with van der Waals surface area (Å²) in [5.41, 5.74) is 3.45. The molecule has 0 aliphatic carbocycles. The van der Waals surface area contributed by atoms with Crippen molar-refractivity contribution in [3.05, 3.63) is 41.5 Å². The van der Waals surface area contributed by atoms with Gasteiger partial charge in [0.05, 0.1) is 5.69 Å². The molecule has 0 saturated carbocycles. The lowest BCUT2D eigenvalue weighted by atomic mass is 10.00. The molecule has 0 bridgehead atoms. The molecular weight excluding hydrogens is 253 g/mol. The molecular formula is C16H22FN3. The monoisotopic (exact) mass is 275 g/mol. The number of aryl methyl sites for hydroxylation is 2. The van der Waals surface area contributed by atoms with Crippen LogP contribution in [0, 0.1) is 12.7 Å². The van der Waals surface area contributed by atoms with Crippen molar-refractivity contribution < 1.29 is 4.39 Å². The van der Waals surface area contributed by atoms with Crippen LogP contribution in [0.4, 0.5) is 4.39 Å². The second kappa shape index (κ2) is 6.18. The zero-order chi connectivity index (χ0) is 14.7. The highest BCUT2D eigenvalue weighted by Crippen LogP contribution is 2.28. The summed E-state index contributed by atoms with van der Waals surface area (Å²) in [6.45, 7) is 6.95. The van der Waals surface area contributed by atoms with E-state index in [-0.39, 0.29) is 11.9 Å². The molecule has 0 spiro atoms. The first kappa shape index (κ1) is 14.7. The van der Waals surface area contributed by atoms with Gasteiger partial charge in [0.15, 0.2) is 0 Å². The van der Waals surface area contributed by atoms with Crippen LogP contribution in [0.3, 0.4) is 0 Å². The second-order valence-electron chi connectivity index (χ2n) is 5.14. The molecule has 0 amide bonds. The van der Waals surface area contributed by atoms with E-state index in [4.69, 9.17) is 0 Å². The van der Waals surface area contributed by atoms with Crippen LogP contribution < -0.4 is 5.32 Å². The van der Waals surface area contributed by atoms with Crippen LogP contribution in [0.15, 0.2) is 24.4 Å². The van der Waals surface area contributed by atoms with Crippen LogP contribution in [-0.2, 0) is 6.54 Å². The number of nitrogens with zero attached hydrogens (tertiary/aromatic N) is 2. The summed E-state index contributed by atoms with van der Waals surface area (Å²) < 4.78 is 16.0. The van der Waals surface area contributed by atoms with Crippen molar-refractivity contribution >= 4 is 0 Å². The fraction of sp³-hybridized carbons (Fsp3) is 0.438. The van der Waals surface area contributed by atoms with Crippen molar-refractivity contribution in [1.29, 1.82) is 0 Å². The maximum atomic E-state index is 14.1. The van der Waals surface area contributed by atoms with Gasteiger partial charge in [-0.15, -0.1) is 0 Å². The smallest absolute Gasteiger partial charge is 0.131 e. The lowest BCUT2D eigenvalue weighted by Crippen LogP contribution is -2.12. The lowest BCUT2D eigenvalue weighted by Gasteiger charge is -2.12. The van der Waals surface area contributed by atoms with E-state index in [9.17, 15) is 4.39 Å². The topological polar surface area (TPSA) is 29.9 Å². The zero-order valence-corrected chi connectivity index (χ0v) is 12.6. The Labute approximate surface area is 119 Å². The SMILES string of the molecule is CCCn1cc(-c2cc(C(C)NC)ccc2F)c(C)n1. The van der Waals surface area contributed by atoms with Crippen molar-refractivity contribution in [2.75, 3.05) is 7.05 Å². The second-order valence-corrected chi connectivity index (χ2v) is 5.14. The fourth-order valence-electron chi connectivity index (χ4n) is 2.31. The van der Waals surface area contributed by atoms with Gasteiger partial charge >= 0.3 is 0 Å². The molecule has 0 aliphatic heterocycles. The summed E-state index contributed by atoms with van der Waals surface area (Å²) in [5, 5.41) is 7.62. The summed E-state index contributed by atoms with van der Waals surface area (Å²) in [4.78, 5) is 0. The molecule has 1 aromatic carbocycles. The summed E-state index contributed by atoms with van der Waals surface area (Å²) in [7, 11) is 1.90. The molecule has 0 fully saturated rings. The number of hydrogen-bond acceptors (Lipinski definition) is 2. The highest BCUT2D eigenvalue weighted by atomic mass is 19.1. The van der Waals surface area contributed by atoms with E-state index in [0.29, 0.717) is 5.56 Å². The molecule has 2 aromatic rings. The molecule has 108 valence electrons. The zero-order valence-electron chi connectivity index (χ0n) is 12.6. The van der Waals surface area contributed by atoms with Crippen LogP contribution in [0.1, 0.15) is 37.6 Å². The van der Waals surface area contributed by atoms with Gasteiger partial charge in [-0.2, -0.15) is 5.10 Å². The summed E-state index contributed by atoms with van der Waals surface area (Å²) in [6.07, 6.45) is 2.95. The van der Waals surface area contributed by atoms with Crippen LogP contribution in [-0.4, -0.2) is 16.8 Å². The Hall–Kier alpha value is -1.68. The number of nitrogens with one attached hydrogen (secondary N) is 1.